The Morgan fingerprint density at radius 3 is 2.62 bits per heavy atom. The number of thioether (sulfide) groups is 1. The number of aryl methyl sites for hydroxylation is 1. The summed E-state index contributed by atoms with van der Waals surface area (Å²) in [6.07, 6.45) is 1.80. The van der Waals surface area contributed by atoms with Crippen LogP contribution < -0.4 is 14.8 Å². The number of aliphatic imine (C=N–C) groups is 1. The molecule has 1 N–H and O–H groups in total. The summed E-state index contributed by atoms with van der Waals surface area (Å²) in [4.78, 5) is 17.5. The first kappa shape index (κ1) is 23.1. The number of rotatable bonds is 7. The van der Waals surface area contributed by atoms with E-state index in [1.807, 2.05) is 74.5 Å². The van der Waals surface area contributed by atoms with Gasteiger partial charge in [-0.15, -0.1) is 0 Å². The van der Waals surface area contributed by atoms with E-state index in [2.05, 4.69) is 16.4 Å². The molecule has 0 bridgehead atoms. The fourth-order valence-electron chi connectivity index (χ4n) is 3.28. The summed E-state index contributed by atoms with van der Waals surface area (Å²) in [6, 6.07) is 22.8. The van der Waals surface area contributed by atoms with Crippen molar-refractivity contribution in [2.45, 2.75) is 20.5 Å². The van der Waals surface area contributed by atoms with E-state index in [-0.39, 0.29) is 12.5 Å². The number of nitriles is 1. The van der Waals surface area contributed by atoms with Gasteiger partial charge in [-0.05, 0) is 67.6 Å². The van der Waals surface area contributed by atoms with Gasteiger partial charge in [0.2, 0.25) is 0 Å². The van der Waals surface area contributed by atoms with Crippen LogP contribution in [-0.4, -0.2) is 17.7 Å². The highest BCUT2D eigenvalue weighted by molar-refractivity contribution is 8.18. The first-order valence-corrected chi connectivity index (χ1v) is 11.6. The smallest absolute Gasteiger partial charge is 0.264 e. The number of carbonyl (C=O) groups excluding carboxylic acids is 1. The Kier molecular flexibility index (Phi) is 7.31. The van der Waals surface area contributed by atoms with Crippen molar-refractivity contribution in [3.8, 4) is 17.6 Å². The molecule has 1 fully saturated rings. The van der Waals surface area contributed by atoms with Gasteiger partial charge in [0.05, 0.1) is 28.8 Å². The molecule has 0 aliphatic carbocycles. The molecule has 170 valence electrons. The van der Waals surface area contributed by atoms with Gasteiger partial charge in [-0.2, -0.15) is 5.26 Å². The molecule has 1 heterocycles. The second-order valence-electron chi connectivity index (χ2n) is 7.51. The second-order valence-corrected chi connectivity index (χ2v) is 8.54. The molecule has 0 spiro atoms. The third-order valence-corrected chi connectivity index (χ3v) is 5.91. The molecule has 7 heteroatoms. The van der Waals surface area contributed by atoms with Crippen LogP contribution >= 0.6 is 11.8 Å². The number of hydrogen-bond donors (Lipinski definition) is 1. The molecule has 3 aromatic carbocycles. The van der Waals surface area contributed by atoms with E-state index in [9.17, 15) is 10.1 Å². The van der Waals surface area contributed by atoms with Crippen LogP contribution in [0, 0.1) is 18.3 Å². The average Bonchev–Trinajstić information content (AvgIpc) is 3.18. The van der Waals surface area contributed by atoms with Crippen molar-refractivity contribution < 1.29 is 14.3 Å². The second kappa shape index (κ2) is 10.7. The lowest BCUT2D eigenvalue weighted by Crippen LogP contribution is -2.19. The van der Waals surface area contributed by atoms with Crippen LogP contribution in [0.2, 0.25) is 0 Å². The summed E-state index contributed by atoms with van der Waals surface area (Å²) in [6.45, 7) is 4.63. The minimum Gasteiger partial charge on any atom is -0.490 e. The monoisotopic (exact) mass is 469 g/mol. The quantitative estimate of drug-likeness (QED) is 0.446. The Labute approximate surface area is 202 Å². The van der Waals surface area contributed by atoms with Crippen molar-refractivity contribution in [2.75, 3.05) is 6.61 Å². The third-order valence-electron chi connectivity index (χ3n) is 5.00. The first-order valence-electron chi connectivity index (χ1n) is 10.8. The molecule has 0 unspecified atom stereocenters. The topological polar surface area (TPSA) is 83.7 Å². The van der Waals surface area contributed by atoms with Crippen LogP contribution in [0.15, 0.2) is 76.6 Å². The van der Waals surface area contributed by atoms with Crippen LogP contribution in [0.25, 0.3) is 6.08 Å². The van der Waals surface area contributed by atoms with Gasteiger partial charge in [-0.25, -0.2) is 4.99 Å². The van der Waals surface area contributed by atoms with Gasteiger partial charge in [0.25, 0.3) is 5.91 Å². The summed E-state index contributed by atoms with van der Waals surface area (Å²) in [5, 5.41) is 12.6. The van der Waals surface area contributed by atoms with E-state index in [0.29, 0.717) is 33.7 Å². The molecule has 1 saturated heterocycles. The largest absolute Gasteiger partial charge is 0.490 e. The average molecular weight is 470 g/mol. The van der Waals surface area contributed by atoms with Gasteiger partial charge < -0.3 is 14.8 Å². The van der Waals surface area contributed by atoms with E-state index in [4.69, 9.17) is 9.47 Å². The molecule has 1 aliphatic heterocycles. The minimum absolute atomic E-state index is 0.192. The predicted octanol–water partition coefficient (Wildman–Crippen LogP) is 5.74. The lowest BCUT2D eigenvalue weighted by molar-refractivity contribution is -0.115. The molecule has 4 rings (SSSR count). The number of nitrogens with one attached hydrogen (secondary N) is 1. The lowest BCUT2D eigenvalue weighted by Gasteiger charge is -2.13. The van der Waals surface area contributed by atoms with E-state index in [0.717, 1.165) is 22.4 Å². The number of hydrogen-bond acceptors (Lipinski definition) is 6. The maximum absolute atomic E-state index is 12.5. The molecule has 0 atom stereocenters. The van der Waals surface area contributed by atoms with Crippen molar-refractivity contribution in [2.24, 2.45) is 4.99 Å². The summed E-state index contributed by atoms with van der Waals surface area (Å²) in [5.41, 5.74) is 4.13. The van der Waals surface area contributed by atoms with Gasteiger partial charge in [-0.3, -0.25) is 4.79 Å². The van der Waals surface area contributed by atoms with Crippen LogP contribution in [0.5, 0.6) is 11.5 Å². The molecule has 0 saturated carbocycles. The fraction of sp³-hybridized carbons (Fsp3) is 0.148. The molecule has 1 aliphatic rings. The van der Waals surface area contributed by atoms with Gasteiger partial charge in [0, 0.05) is 5.56 Å². The highest BCUT2D eigenvalue weighted by Gasteiger charge is 2.24. The number of nitrogens with zero attached hydrogens (tertiary/aromatic N) is 2. The Morgan fingerprint density at radius 2 is 1.85 bits per heavy atom. The Balaban J connectivity index is 1.52. The zero-order chi connectivity index (χ0) is 23.9. The van der Waals surface area contributed by atoms with Crippen molar-refractivity contribution in [1.82, 2.24) is 5.32 Å². The molecule has 1 amide bonds. The van der Waals surface area contributed by atoms with Crippen LogP contribution in [0.1, 0.15) is 29.2 Å². The number of amides is 1. The molecule has 34 heavy (non-hydrogen) atoms. The molecular formula is C27H23N3O3S. The molecule has 0 radical (unpaired) electrons. The molecule has 6 nitrogen and oxygen atoms in total. The predicted molar refractivity (Wildman–Crippen MR) is 135 cm³/mol. The SMILES string of the molecule is CCOc1cc(C=C2SC(=Nc3ccc(C)cc3)NC2=O)ccc1OCc1ccccc1C#N. The van der Waals surface area contributed by atoms with E-state index < -0.39 is 0 Å². The summed E-state index contributed by atoms with van der Waals surface area (Å²) in [7, 11) is 0. The number of amidine groups is 1. The van der Waals surface area contributed by atoms with Crippen molar-refractivity contribution in [3.05, 3.63) is 93.9 Å². The van der Waals surface area contributed by atoms with E-state index >= 15 is 0 Å². The maximum Gasteiger partial charge on any atom is 0.264 e. The molecule has 3 aromatic rings. The zero-order valence-corrected chi connectivity index (χ0v) is 19.7. The fourth-order valence-corrected chi connectivity index (χ4v) is 4.12. The molecular weight excluding hydrogens is 446 g/mol. The van der Waals surface area contributed by atoms with Crippen LogP contribution in [-0.2, 0) is 11.4 Å². The number of carbonyl (C=O) groups is 1. The number of ether oxygens (including phenoxy) is 2. The van der Waals surface area contributed by atoms with Gasteiger partial charge in [-0.1, -0.05) is 42.0 Å². The minimum atomic E-state index is -0.192. The van der Waals surface area contributed by atoms with Gasteiger partial charge in [0.1, 0.15) is 6.61 Å². The van der Waals surface area contributed by atoms with Gasteiger partial charge in [0.15, 0.2) is 16.7 Å². The van der Waals surface area contributed by atoms with Gasteiger partial charge >= 0.3 is 0 Å². The van der Waals surface area contributed by atoms with Crippen LogP contribution in [0.4, 0.5) is 5.69 Å². The first-order chi connectivity index (χ1) is 16.6. The highest BCUT2D eigenvalue weighted by Crippen LogP contribution is 2.33. The van der Waals surface area contributed by atoms with Crippen molar-refractivity contribution in [3.63, 3.8) is 0 Å². The maximum atomic E-state index is 12.5. The van der Waals surface area contributed by atoms with E-state index in [1.165, 1.54) is 11.8 Å². The van der Waals surface area contributed by atoms with E-state index in [1.54, 1.807) is 12.1 Å². The summed E-state index contributed by atoms with van der Waals surface area (Å²) < 4.78 is 11.7. The standard InChI is InChI=1S/C27H23N3O3S/c1-3-32-24-14-19(10-13-23(24)33-17-21-7-5-4-6-20(21)16-28)15-25-26(31)30-27(34-25)29-22-11-8-18(2)9-12-22/h4-15H,3,17H2,1-2H3,(H,29,30,31). The Bertz CT molecular complexity index is 1310. The van der Waals surface area contributed by atoms with Crippen LogP contribution in [0.3, 0.4) is 0 Å². The van der Waals surface area contributed by atoms with Crippen molar-refractivity contribution in [1.29, 1.82) is 5.26 Å². The summed E-state index contributed by atoms with van der Waals surface area (Å²) >= 11 is 1.30. The zero-order valence-electron chi connectivity index (χ0n) is 18.9. The number of benzene rings is 3. The Morgan fingerprint density at radius 1 is 1.06 bits per heavy atom. The lowest BCUT2D eigenvalue weighted by atomic mass is 10.1. The molecule has 0 aromatic heterocycles. The Hall–Kier alpha value is -4.02. The highest BCUT2D eigenvalue weighted by atomic mass is 32.2. The summed E-state index contributed by atoms with van der Waals surface area (Å²) in [5.74, 6) is 0.951. The third kappa shape index (κ3) is 5.66. The normalized spacial score (nSPS) is 15.3. The van der Waals surface area contributed by atoms with Crippen molar-refractivity contribution >= 4 is 34.6 Å².